The molecule has 0 saturated carbocycles. The molecule has 1 heterocycles. The van der Waals surface area contributed by atoms with Gasteiger partial charge in [-0.2, -0.15) is 26.3 Å². The second-order valence-corrected chi connectivity index (χ2v) is 7.95. The molecule has 0 aliphatic rings. The third-order valence-electron chi connectivity index (χ3n) is 4.50. The van der Waals surface area contributed by atoms with Gasteiger partial charge in [0.1, 0.15) is 11.4 Å². The fourth-order valence-corrected chi connectivity index (χ4v) is 2.40. The van der Waals surface area contributed by atoms with Crippen LogP contribution in [0.1, 0.15) is 49.7 Å². The van der Waals surface area contributed by atoms with Crippen LogP contribution in [0, 0.1) is 10.1 Å². The first-order valence-electron chi connectivity index (χ1n) is 9.36. The van der Waals surface area contributed by atoms with Gasteiger partial charge in [0.25, 0.3) is 11.8 Å². The number of amides is 2. The number of nitro groups is 1. The van der Waals surface area contributed by atoms with Crippen molar-refractivity contribution >= 4 is 23.3 Å². The van der Waals surface area contributed by atoms with Gasteiger partial charge in [-0.15, -0.1) is 6.58 Å². The molecule has 16 heteroatoms. The summed E-state index contributed by atoms with van der Waals surface area (Å²) in [5.41, 5.74) is -0.999. The van der Waals surface area contributed by atoms with Crippen LogP contribution in [0.5, 0.6) is 0 Å². The van der Waals surface area contributed by atoms with Gasteiger partial charge < -0.3 is 11.1 Å². The van der Waals surface area contributed by atoms with Crippen molar-refractivity contribution in [2.24, 2.45) is 5.73 Å². The minimum Gasteiger partial charge on any atom is -0.365 e. The van der Waals surface area contributed by atoms with Gasteiger partial charge in [-0.1, -0.05) is 6.08 Å². The molecule has 5 N–H and O–H groups in total. The average Bonchev–Trinajstić information content (AvgIpc) is 2.67. The van der Waals surface area contributed by atoms with Crippen molar-refractivity contribution in [1.29, 1.82) is 0 Å². The molecule has 190 valence electrons. The van der Waals surface area contributed by atoms with Crippen LogP contribution in [0.4, 0.5) is 37.8 Å². The zero-order chi connectivity index (χ0) is 26.7. The highest BCUT2D eigenvalue weighted by atomic mass is 19.4. The van der Waals surface area contributed by atoms with Crippen LogP contribution >= 0.6 is 0 Å². The summed E-state index contributed by atoms with van der Waals surface area (Å²) < 4.78 is 79.2. The highest BCUT2D eigenvalue weighted by Gasteiger charge is 2.54. The third kappa shape index (κ3) is 6.79. The number of carbonyl (C=O) groups is 2. The standard InChI is InChI=1S/C18H22F6N6O4/c1-5-6-7-15(2,3)27-12-9(17(19,20)21)8-10(30(33)34)11(26-12)13(31)28-29-14(32)16(4,25)18(22,23)24/h5,8H,1,6-7,25H2,2-4H3,(H,26,27)(H,28,31)(H,29,32). The van der Waals surface area contributed by atoms with E-state index in [0.717, 1.165) is 0 Å². The number of rotatable bonds is 8. The Morgan fingerprint density at radius 3 is 2.18 bits per heavy atom. The van der Waals surface area contributed by atoms with E-state index in [0.29, 0.717) is 13.3 Å². The Morgan fingerprint density at radius 2 is 1.74 bits per heavy atom. The monoisotopic (exact) mass is 500 g/mol. The summed E-state index contributed by atoms with van der Waals surface area (Å²) in [6.07, 6.45) is -8.20. The zero-order valence-corrected chi connectivity index (χ0v) is 18.1. The number of carbonyl (C=O) groups excluding carboxylic acids is 2. The zero-order valence-electron chi connectivity index (χ0n) is 18.1. The highest BCUT2D eigenvalue weighted by Crippen LogP contribution is 2.38. The van der Waals surface area contributed by atoms with Gasteiger partial charge in [0.2, 0.25) is 5.69 Å². The predicted octanol–water partition coefficient (Wildman–Crippen LogP) is 3.21. The summed E-state index contributed by atoms with van der Waals surface area (Å²) in [5.74, 6) is -4.53. The van der Waals surface area contributed by atoms with Crippen molar-refractivity contribution in [3.8, 4) is 0 Å². The lowest BCUT2D eigenvalue weighted by Crippen LogP contribution is -2.64. The number of alkyl halides is 6. The normalized spacial score (nSPS) is 14.1. The Bertz CT molecular complexity index is 975. The summed E-state index contributed by atoms with van der Waals surface area (Å²) in [6, 6.07) is 0.0540. The van der Waals surface area contributed by atoms with Crippen LogP contribution in [0.3, 0.4) is 0 Å². The van der Waals surface area contributed by atoms with Gasteiger partial charge in [0, 0.05) is 11.6 Å². The van der Waals surface area contributed by atoms with E-state index in [1.54, 1.807) is 0 Å². The van der Waals surface area contributed by atoms with Gasteiger partial charge in [-0.3, -0.25) is 30.6 Å². The van der Waals surface area contributed by atoms with E-state index in [1.807, 2.05) is 0 Å². The van der Waals surface area contributed by atoms with E-state index < -0.39 is 62.9 Å². The third-order valence-corrected chi connectivity index (χ3v) is 4.50. The van der Waals surface area contributed by atoms with E-state index in [9.17, 15) is 46.0 Å². The number of nitrogens with zero attached hydrogens (tertiary/aromatic N) is 2. The van der Waals surface area contributed by atoms with Crippen LogP contribution in [-0.4, -0.2) is 39.0 Å². The minimum atomic E-state index is -5.23. The quantitative estimate of drug-likeness (QED) is 0.185. The van der Waals surface area contributed by atoms with E-state index in [4.69, 9.17) is 5.73 Å². The van der Waals surface area contributed by atoms with Crippen molar-refractivity contribution < 1.29 is 40.9 Å². The Hall–Kier alpha value is -3.43. The molecular formula is C18H22F6N6O4. The van der Waals surface area contributed by atoms with Crippen LogP contribution < -0.4 is 21.9 Å². The fraction of sp³-hybridized carbons (Fsp3) is 0.500. The van der Waals surface area contributed by atoms with Crippen molar-refractivity contribution in [1.82, 2.24) is 15.8 Å². The topological polar surface area (TPSA) is 152 Å². The van der Waals surface area contributed by atoms with Gasteiger partial charge >= 0.3 is 18.0 Å². The number of pyridine rings is 1. The van der Waals surface area contributed by atoms with E-state index in [-0.39, 0.29) is 12.5 Å². The number of nitrogens with one attached hydrogen (secondary N) is 3. The minimum absolute atomic E-state index is 0.0540. The molecule has 1 atom stereocenters. The molecule has 10 nitrogen and oxygen atoms in total. The molecule has 0 radical (unpaired) electrons. The second-order valence-electron chi connectivity index (χ2n) is 7.95. The number of hydrogen-bond donors (Lipinski definition) is 4. The van der Waals surface area contributed by atoms with Crippen LogP contribution in [0.2, 0.25) is 0 Å². The molecule has 0 aromatic carbocycles. The van der Waals surface area contributed by atoms with Crippen molar-refractivity contribution in [2.75, 3.05) is 5.32 Å². The number of nitrogens with two attached hydrogens (primary N) is 1. The molecule has 0 spiro atoms. The number of anilines is 1. The lowest BCUT2D eigenvalue weighted by atomic mass is 9.98. The Balaban J connectivity index is 3.44. The number of aromatic nitrogens is 1. The lowest BCUT2D eigenvalue weighted by Gasteiger charge is -2.28. The van der Waals surface area contributed by atoms with E-state index >= 15 is 0 Å². The van der Waals surface area contributed by atoms with Gasteiger partial charge in [0.15, 0.2) is 5.54 Å². The maximum Gasteiger partial charge on any atom is 0.420 e. The van der Waals surface area contributed by atoms with Gasteiger partial charge in [-0.25, -0.2) is 4.98 Å². The predicted molar refractivity (Wildman–Crippen MR) is 107 cm³/mol. The number of hydrazine groups is 1. The summed E-state index contributed by atoms with van der Waals surface area (Å²) in [7, 11) is 0. The van der Waals surface area contributed by atoms with Crippen LogP contribution in [0.25, 0.3) is 0 Å². The largest absolute Gasteiger partial charge is 0.420 e. The smallest absolute Gasteiger partial charge is 0.365 e. The Morgan fingerprint density at radius 1 is 1.18 bits per heavy atom. The summed E-state index contributed by atoms with van der Waals surface area (Å²) in [5, 5.41) is 13.8. The first-order chi connectivity index (χ1) is 15.2. The van der Waals surface area contributed by atoms with Crippen molar-refractivity contribution in [3.63, 3.8) is 0 Å². The van der Waals surface area contributed by atoms with Crippen molar-refractivity contribution in [3.05, 3.63) is 40.1 Å². The molecule has 0 saturated heterocycles. The highest BCUT2D eigenvalue weighted by molar-refractivity contribution is 5.98. The van der Waals surface area contributed by atoms with E-state index in [2.05, 4.69) is 16.9 Å². The van der Waals surface area contributed by atoms with Crippen molar-refractivity contribution in [2.45, 2.75) is 57.0 Å². The Kier molecular flexibility index (Phi) is 8.26. The SMILES string of the molecule is C=CCCC(C)(C)Nc1nc(C(=O)NNC(=O)C(C)(N)C(F)(F)F)c([N+](=O)[O-])cc1C(F)(F)F. The average molecular weight is 500 g/mol. The molecule has 1 unspecified atom stereocenters. The molecular weight excluding hydrogens is 478 g/mol. The summed E-state index contributed by atoms with van der Waals surface area (Å²) in [6.45, 7) is 6.79. The molecule has 0 fully saturated rings. The number of hydrogen-bond acceptors (Lipinski definition) is 7. The maximum atomic E-state index is 13.6. The van der Waals surface area contributed by atoms with Gasteiger partial charge in [0.05, 0.1) is 4.92 Å². The molecule has 2 amide bonds. The molecule has 0 aliphatic carbocycles. The molecule has 1 aromatic rings. The number of allylic oxidation sites excluding steroid dienone is 1. The summed E-state index contributed by atoms with van der Waals surface area (Å²) in [4.78, 5) is 37.5. The molecule has 34 heavy (non-hydrogen) atoms. The molecule has 0 bridgehead atoms. The molecule has 1 aromatic heterocycles. The first-order valence-corrected chi connectivity index (χ1v) is 9.36. The molecule has 0 aliphatic heterocycles. The summed E-state index contributed by atoms with van der Waals surface area (Å²) >= 11 is 0. The van der Waals surface area contributed by atoms with E-state index in [1.165, 1.54) is 30.8 Å². The second kappa shape index (κ2) is 9.82. The Labute approximate surface area is 189 Å². The molecule has 1 rings (SSSR count). The van der Waals surface area contributed by atoms with Crippen LogP contribution in [0.15, 0.2) is 18.7 Å². The maximum absolute atomic E-state index is 13.6. The number of halogens is 6. The fourth-order valence-electron chi connectivity index (χ4n) is 2.40. The first kappa shape index (κ1) is 28.6. The lowest BCUT2D eigenvalue weighted by molar-refractivity contribution is -0.385. The van der Waals surface area contributed by atoms with Crippen LogP contribution in [-0.2, 0) is 11.0 Å². The van der Waals surface area contributed by atoms with Gasteiger partial charge in [-0.05, 0) is 33.6 Å².